The maximum Gasteiger partial charge on any atom is 0.251 e. The third kappa shape index (κ3) is 5.10. The van der Waals surface area contributed by atoms with Gasteiger partial charge in [0.05, 0.1) is 21.9 Å². The zero-order valence-electron chi connectivity index (χ0n) is 18.2. The lowest BCUT2D eigenvalue weighted by molar-refractivity contribution is -0.113. The number of fused-ring (bicyclic) bond motifs is 2. The fourth-order valence-corrected chi connectivity index (χ4v) is 5.28. The predicted octanol–water partition coefficient (Wildman–Crippen LogP) is 2.69. The second-order valence-electron chi connectivity index (χ2n) is 8.60. The van der Waals surface area contributed by atoms with Crippen molar-refractivity contribution in [1.29, 1.82) is 0 Å². The lowest BCUT2D eigenvalue weighted by Crippen LogP contribution is -2.31. The van der Waals surface area contributed by atoms with E-state index in [4.69, 9.17) is 0 Å². The van der Waals surface area contributed by atoms with E-state index in [-0.39, 0.29) is 17.3 Å². The molecule has 2 aliphatic heterocycles. The average molecular weight is 468 g/mol. The van der Waals surface area contributed by atoms with Crippen molar-refractivity contribution in [3.05, 3.63) is 64.3 Å². The second-order valence-corrected chi connectivity index (χ2v) is 9.62. The van der Waals surface area contributed by atoms with E-state index in [0.717, 1.165) is 48.6 Å². The average Bonchev–Trinajstić information content (AvgIpc) is 3.26. The van der Waals surface area contributed by atoms with Crippen molar-refractivity contribution in [2.45, 2.75) is 24.4 Å². The summed E-state index contributed by atoms with van der Waals surface area (Å²) < 4.78 is 15.4. The van der Waals surface area contributed by atoms with Crippen LogP contribution in [0, 0.1) is 11.7 Å². The molecule has 1 aromatic carbocycles. The number of anilines is 1. The van der Waals surface area contributed by atoms with E-state index in [1.54, 1.807) is 22.8 Å². The minimum Gasteiger partial charge on any atom is -0.311 e. The van der Waals surface area contributed by atoms with Crippen LogP contribution in [0.15, 0.2) is 52.2 Å². The molecule has 2 aromatic heterocycles. The number of hydrogen-bond acceptors (Lipinski definition) is 6. The highest BCUT2D eigenvalue weighted by molar-refractivity contribution is 8.00. The third-order valence-electron chi connectivity index (χ3n) is 6.24. The Hall–Kier alpha value is -2.75. The van der Waals surface area contributed by atoms with Gasteiger partial charge in [0.15, 0.2) is 0 Å². The zero-order chi connectivity index (χ0) is 22.8. The maximum atomic E-state index is 13.7. The molecule has 0 saturated carbocycles. The van der Waals surface area contributed by atoms with Gasteiger partial charge in [0.25, 0.3) is 5.56 Å². The fraction of sp³-hybridized carbons (Fsp3) is 0.375. The summed E-state index contributed by atoms with van der Waals surface area (Å²) in [6.45, 7) is 4.79. The highest BCUT2D eigenvalue weighted by Crippen LogP contribution is 2.29. The molecule has 172 valence electrons. The van der Waals surface area contributed by atoms with E-state index < -0.39 is 0 Å². The number of rotatable bonds is 7. The van der Waals surface area contributed by atoms with Crippen LogP contribution in [0.5, 0.6) is 0 Å². The highest BCUT2D eigenvalue weighted by Gasteiger charge is 2.22. The van der Waals surface area contributed by atoms with Crippen molar-refractivity contribution in [3.8, 4) is 0 Å². The normalized spacial score (nSPS) is 18.5. The fourth-order valence-electron chi connectivity index (χ4n) is 4.52. The number of hydrogen-bond donors (Lipinski definition) is 2. The van der Waals surface area contributed by atoms with Gasteiger partial charge >= 0.3 is 0 Å². The smallest absolute Gasteiger partial charge is 0.251 e. The van der Waals surface area contributed by atoms with Crippen LogP contribution in [-0.4, -0.2) is 52.3 Å². The molecule has 0 unspecified atom stereocenters. The Labute approximate surface area is 195 Å². The van der Waals surface area contributed by atoms with Crippen LogP contribution in [0.4, 0.5) is 10.2 Å². The number of likely N-dealkylation sites (tertiary alicyclic amines) is 1. The zero-order valence-corrected chi connectivity index (χ0v) is 19.0. The topological polar surface area (TPSA) is 79.3 Å². The summed E-state index contributed by atoms with van der Waals surface area (Å²) in [5.41, 5.74) is 1.46. The number of aromatic nitrogens is 2. The highest BCUT2D eigenvalue weighted by atomic mass is 32.2. The van der Waals surface area contributed by atoms with Gasteiger partial charge in [0.2, 0.25) is 5.91 Å². The largest absolute Gasteiger partial charge is 0.311 e. The molecule has 1 atom stereocenters. The second kappa shape index (κ2) is 9.62. The minimum absolute atomic E-state index is 0.00736. The molecule has 0 aliphatic carbocycles. The number of nitrogens with zero attached hydrogens (tertiary/aromatic N) is 3. The molecule has 0 bridgehead atoms. The van der Waals surface area contributed by atoms with Crippen molar-refractivity contribution in [2.75, 3.05) is 37.2 Å². The number of benzene rings is 1. The SMILES string of the molecule is O=C1CSc2ccc(CNC[C@H]3CCN(CCn4c(=O)ccc5ccc(F)cc54)C3)nc2N1. The first-order chi connectivity index (χ1) is 16.0. The van der Waals surface area contributed by atoms with Crippen LogP contribution in [-0.2, 0) is 17.9 Å². The Morgan fingerprint density at radius 2 is 2.03 bits per heavy atom. The molecule has 33 heavy (non-hydrogen) atoms. The van der Waals surface area contributed by atoms with Gasteiger partial charge in [-0.25, -0.2) is 9.37 Å². The Bertz CT molecular complexity index is 1250. The van der Waals surface area contributed by atoms with E-state index in [1.165, 1.54) is 23.9 Å². The third-order valence-corrected chi connectivity index (χ3v) is 7.28. The molecule has 5 rings (SSSR count). The standard InChI is InChI=1S/C24H26FN5O2S/c25-18-3-1-17-2-6-23(32)30(20(17)11-18)10-9-29-8-7-16(14-29)12-26-13-19-4-5-21-24(27-19)28-22(31)15-33-21/h1-6,11,16,26H,7-10,12-15H2,(H,27,28,31)/t16-/m1/s1. The molecule has 0 spiro atoms. The van der Waals surface area contributed by atoms with Gasteiger partial charge in [0, 0.05) is 32.2 Å². The molecule has 7 nitrogen and oxygen atoms in total. The number of carbonyl (C=O) groups is 1. The molecular weight excluding hydrogens is 441 g/mol. The van der Waals surface area contributed by atoms with Gasteiger partial charge < -0.3 is 20.1 Å². The Morgan fingerprint density at radius 1 is 1.15 bits per heavy atom. The quantitative estimate of drug-likeness (QED) is 0.556. The molecule has 3 aromatic rings. The van der Waals surface area contributed by atoms with Crippen LogP contribution in [0.2, 0.25) is 0 Å². The van der Waals surface area contributed by atoms with Crippen LogP contribution in [0.1, 0.15) is 12.1 Å². The van der Waals surface area contributed by atoms with Gasteiger partial charge in [-0.2, -0.15) is 0 Å². The molecular formula is C24H26FN5O2S. The van der Waals surface area contributed by atoms with Gasteiger partial charge in [-0.15, -0.1) is 11.8 Å². The molecule has 1 saturated heterocycles. The van der Waals surface area contributed by atoms with Crippen LogP contribution in [0.3, 0.4) is 0 Å². The minimum atomic E-state index is -0.330. The number of halogens is 1. The van der Waals surface area contributed by atoms with E-state index in [9.17, 15) is 14.0 Å². The van der Waals surface area contributed by atoms with E-state index >= 15 is 0 Å². The Kier molecular flexibility index (Phi) is 6.43. The summed E-state index contributed by atoms with van der Waals surface area (Å²) in [7, 11) is 0. The molecule has 9 heteroatoms. The summed E-state index contributed by atoms with van der Waals surface area (Å²) in [6, 6.07) is 11.9. The molecule has 1 amide bonds. The number of carbonyl (C=O) groups excluding carboxylic acids is 1. The molecule has 2 aliphatic rings. The van der Waals surface area contributed by atoms with Gasteiger partial charge in [0.1, 0.15) is 11.6 Å². The summed E-state index contributed by atoms with van der Waals surface area (Å²) in [5, 5.41) is 7.19. The van der Waals surface area contributed by atoms with Crippen molar-refractivity contribution >= 4 is 34.4 Å². The summed E-state index contributed by atoms with van der Waals surface area (Å²) >= 11 is 1.51. The van der Waals surface area contributed by atoms with Crippen molar-refractivity contribution in [2.24, 2.45) is 5.92 Å². The van der Waals surface area contributed by atoms with Crippen LogP contribution < -0.4 is 16.2 Å². The molecule has 4 heterocycles. The Morgan fingerprint density at radius 3 is 2.94 bits per heavy atom. The first-order valence-electron chi connectivity index (χ1n) is 11.2. The van der Waals surface area contributed by atoms with E-state index in [0.29, 0.717) is 36.1 Å². The Balaban J connectivity index is 1.12. The maximum absolute atomic E-state index is 13.7. The van der Waals surface area contributed by atoms with Crippen LogP contribution in [0.25, 0.3) is 10.9 Å². The molecule has 2 N–H and O–H groups in total. The van der Waals surface area contributed by atoms with Gasteiger partial charge in [-0.05, 0) is 67.2 Å². The monoisotopic (exact) mass is 467 g/mol. The summed E-state index contributed by atoms with van der Waals surface area (Å²) in [5.74, 6) is 1.29. The number of nitrogens with one attached hydrogen (secondary N) is 2. The predicted molar refractivity (Wildman–Crippen MR) is 128 cm³/mol. The number of amides is 1. The number of pyridine rings is 2. The summed E-state index contributed by atoms with van der Waals surface area (Å²) in [6.07, 6.45) is 1.09. The van der Waals surface area contributed by atoms with E-state index in [2.05, 4.69) is 20.5 Å². The molecule has 0 radical (unpaired) electrons. The summed E-state index contributed by atoms with van der Waals surface area (Å²) in [4.78, 5) is 31.9. The molecule has 1 fully saturated rings. The first-order valence-corrected chi connectivity index (χ1v) is 12.2. The van der Waals surface area contributed by atoms with Gasteiger partial charge in [-0.1, -0.05) is 0 Å². The van der Waals surface area contributed by atoms with Crippen molar-refractivity contribution in [3.63, 3.8) is 0 Å². The van der Waals surface area contributed by atoms with E-state index in [1.807, 2.05) is 12.1 Å². The van der Waals surface area contributed by atoms with Crippen LogP contribution >= 0.6 is 11.8 Å². The number of thioether (sulfide) groups is 1. The lowest BCUT2D eigenvalue weighted by Gasteiger charge is -2.18. The van der Waals surface area contributed by atoms with Crippen molar-refractivity contribution < 1.29 is 9.18 Å². The first kappa shape index (κ1) is 22.1. The van der Waals surface area contributed by atoms with Crippen molar-refractivity contribution in [1.82, 2.24) is 19.8 Å². The lowest BCUT2D eigenvalue weighted by atomic mass is 10.1. The van der Waals surface area contributed by atoms with Gasteiger partial charge in [-0.3, -0.25) is 9.59 Å².